The Balaban J connectivity index is 1.50. The molecule has 31 heavy (non-hydrogen) atoms. The smallest absolute Gasteiger partial charge is 0.262 e. The summed E-state index contributed by atoms with van der Waals surface area (Å²) in [5.74, 6) is 0.535. The van der Waals surface area contributed by atoms with Gasteiger partial charge in [-0.15, -0.1) is 0 Å². The summed E-state index contributed by atoms with van der Waals surface area (Å²) in [6.45, 7) is 2.13. The Morgan fingerprint density at radius 3 is 2.65 bits per heavy atom. The van der Waals surface area contributed by atoms with E-state index in [1.54, 1.807) is 6.20 Å². The van der Waals surface area contributed by atoms with E-state index in [9.17, 15) is 4.79 Å². The van der Waals surface area contributed by atoms with Gasteiger partial charge in [0.15, 0.2) is 5.65 Å². The molecule has 5 nitrogen and oxygen atoms in total. The van der Waals surface area contributed by atoms with Gasteiger partial charge in [-0.2, -0.15) is 4.98 Å². The molecule has 0 amide bonds. The molecule has 1 aliphatic heterocycles. The molecule has 0 saturated carbocycles. The quantitative estimate of drug-likeness (QED) is 0.478. The summed E-state index contributed by atoms with van der Waals surface area (Å²) in [4.78, 5) is 27.2. The second-order valence-electron chi connectivity index (χ2n) is 7.67. The zero-order valence-corrected chi connectivity index (χ0v) is 17.2. The molecule has 2 aromatic carbocycles. The van der Waals surface area contributed by atoms with Crippen LogP contribution in [-0.2, 0) is 6.42 Å². The molecule has 5 heteroatoms. The number of rotatable bonds is 4. The molecule has 1 aliphatic rings. The van der Waals surface area contributed by atoms with Crippen LogP contribution in [-0.4, -0.2) is 21.0 Å². The van der Waals surface area contributed by atoms with Gasteiger partial charge in [-0.3, -0.25) is 9.78 Å². The molecule has 0 radical (unpaired) electrons. The van der Waals surface area contributed by atoms with Crippen LogP contribution in [0.15, 0.2) is 83.8 Å². The molecule has 0 fully saturated rings. The Hall–Kier alpha value is -3.99. The molecule has 2 aromatic heterocycles. The van der Waals surface area contributed by atoms with Crippen LogP contribution in [0.4, 0.5) is 11.6 Å². The highest BCUT2D eigenvalue weighted by molar-refractivity contribution is 5.85. The Labute approximate surface area is 180 Å². The summed E-state index contributed by atoms with van der Waals surface area (Å²) in [6.07, 6.45) is 10.4. The molecule has 0 bridgehead atoms. The van der Waals surface area contributed by atoms with Crippen LogP contribution in [0.3, 0.4) is 0 Å². The second kappa shape index (κ2) is 8.03. The third-order valence-electron chi connectivity index (χ3n) is 5.54. The van der Waals surface area contributed by atoms with Gasteiger partial charge < -0.3 is 4.90 Å². The summed E-state index contributed by atoms with van der Waals surface area (Å²) < 4.78 is 0. The summed E-state index contributed by atoms with van der Waals surface area (Å²) in [5.41, 5.74) is 4.52. The van der Waals surface area contributed by atoms with Crippen molar-refractivity contribution in [1.29, 1.82) is 0 Å². The number of nitrogens with zero attached hydrogens (tertiary/aromatic N) is 3. The van der Waals surface area contributed by atoms with E-state index < -0.39 is 0 Å². The third-order valence-corrected chi connectivity index (χ3v) is 5.54. The van der Waals surface area contributed by atoms with Crippen LogP contribution in [0.25, 0.3) is 23.2 Å². The van der Waals surface area contributed by atoms with E-state index in [1.807, 2.05) is 72.8 Å². The van der Waals surface area contributed by atoms with Crippen molar-refractivity contribution in [2.45, 2.75) is 19.4 Å². The molecule has 5 rings (SSSR count). The maximum Gasteiger partial charge on any atom is 0.262 e. The molecule has 0 aliphatic carbocycles. The van der Waals surface area contributed by atoms with Gasteiger partial charge in [0.25, 0.3) is 5.56 Å². The first-order valence-corrected chi connectivity index (χ1v) is 10.4. The predicted molar refractivity (Wildman–Crippen MR) is 126 cm³/mol. The number of allylic oxidation sites excluding steroid dienone is 2. The topological polar surface area (TPSA) is 61.9 Å². The van der Waals surface area contributed by atoms with Gasteiger partial charge >= 0.3 is 0 Å². The van der Waals surface area contributed by atoms with Gasteiger partial charge in [-0.25, -0.2) is 4.98 Å². The molecule has 152 valence electrons. The molecule has 0 spiro atoms. The van der Waals surface area contributed by atoms with Crippen LogP contribution in [0, 0.1) is 0 Å². The highest BCUT2D eigenvalue weighted by atomic mass is 16.1. The lowest BCUT2D eigenvalue weighted by atomic mass is 10.1. The van der Waals surface area contributed by atoms with Crippen LogP contribution in [0.2, 0.25) is 0 Å². The first-order valence-electron chi connectivity index (χ1n) is 10.4. The highest BCUT2D eigenvalue weighted by Gasteiger charge is 2.28. The molecule has 1 N–H and O–H groups in total. The molecule has 0 saturated heterocycles. The standard InChI is InChI=1S/C26H22N4O/c1-18-17-21-13-7-8-14-22(21)30(18)26-28-24-23(25(31)29-26)20(15-16-27-24)12-6-5-11-19-9-3-2-4-10-19/h2-16,18H,17H2,1H3,(H,27,28,29,31)/b11-5+,12-6+. The number of anilines is 2. The number of H-pyrrole nitrogens is 1. The SMILES string of the molecule is CC1Cc2ccccc2N1c1nc2nccc(/C=C/C=C/c3ccccc3)c2c(=O)[nH]1. The number of pyridine rings is 1. The summed E-state index contributed by atoms with van der Waals surface area (Å²) in [7, 11) is 0. The monoisotopic (exact) mass is 406 g/mol. The average molecular weight is 406 g/mol. The Morgan fingerprint density at radius 1 is 1.00 bits per heavy atom. The molecular formula is C26H22N4O. The van der Waals surface area contributed by atoms with Crippen molar-refractivity contribution in [3.8, 4) is 0 Å². The number of hydrogen-bond donors (Lipinski definition) is 1. The van der Waals surface area contributed by atoms with Gasteiger partial charge in [0.1, 0.15) is 0 Å². The second-order valence-corrected chi connectivity index (χ2v) is 7.67. The van der Waals surface area contributed by atoms with Crippen molar-refractivity contribution < 1.29 is 0 Å². The molecule has 4 aromatic rings. The zero-order chi connectivity index (χ0) is 21.2. The first kappa shape index (κ1) is 19.0. The van der Waals surface area contributed by atoms with Crippen molar-refractivity contribution >= 4 is 34.8 Å². The zero-order valence-electron chi connectivity index (χ0n) is 17.2. The normalized spacial score (nSPS) is 15.9. The van der Waals surface area contributed by atoms with Gasteiger partial charge in [0.2, 0.25) is 5.95 Å². The summed E-state index contributed by atoms with van der Waals surface area (Å²) >= 11 is 0. The van der Waals surface area contributed by atoms with E-state index in [0.29, 0.717) is 17.0 Å². The van der Waals surface area contributed by atoms with E-state index in [1.165, 1.54) is 5.56 Å². The number of nitrogens with one attached hydrogen (secondary N) is 1. The molecule has 1 unspecified atom stereocenters. The average Bonchev–Trinajstić information content (AvgIpc) is 3.13. The third kappa shape index (κ3) is 3.66. The van der Waals surface area contributed by atoms with Crippen LogP contribution >= 0.6 is 0 Å². The van der Waals surface area contributed by atoms with Crippen molar-refractivity contribution in [2.24, 2.45) is 0 Å². The van der Waals surface area contributed by atoms with Gasteiger partial charge in [0.05, 0.1) is 5.39 Å². The largest absolute Gasteiger partial charge is 0.309 e. The van der Waals surface area contributed by atoms with Crippen LogP contribution in [0.5, 0.6) is 0 Å². The molecular weight excluding hydrogens is 384 g/mol. The number of aromatic nitrogens is 3. The number of fused-ring (bicyclic) bond motifs is 2. The Bertz CT molecular complexity index is 1350. The lowest BCUT2D eigenvalue weighted by Gasteiger charge is -2.23. The van der Waals surface area contributed by atoms with Crippen molar-refractivity contribution in [2.75, 3.05) is 4.90 Å². The highest BCUT2D eigenvalue weighted by Crippen LogP contribution is 2.36. The molecule has 1 atom stereocenters. The van der Waals surface area contributed by atoms with Gasteiger partial charge in [-0.05, 0) is 42.2 Å². The fourth-order valence-corrected chi connectivity index (χ4v) is 4.11. The predicted octanol–water partition coefficient (Wildman–Crippen LogP) is 5.13. The van der Waals surface area contributed by atoms with Crippen LogP contribution < -0.4 is 10.5 Å². The Kier molecular flexibility index (Phi) is 4.92. The van der Waals surface area contributed by atoms with Crippen molar-refractivity contribution in [3.63, 3.8) is 0 Å². The maximum atomic E-state index is 13.0. The fraction of sp³-hybridized carbons (Fsp3) is 0.115. The van der Waals surface area contributed by atoms with Crippen LogP contribution in [0.1, 0.15) is 23.6 Å². The van der Waals surface area contributed by atoms with E-state index in [2.05, 4.69) is 33.9 Å². The van der Waals surface area contributed by atoms with E-state index in [-0.39, 0.29) is 11.6 Å². The van der Waals surface area contributed by atoms with E-state index in [4.69, 9.17) is 4.98 Å². The fourth-order valence-electron chi connectivity index (χ4n) is 4.11. The van der Waals surface area contributed by atoms with E-state index >= 15 is 0 Å². The Morgan fingerprint density at radius 2 is 1.77 bits per heavy atom. The lowest BCUT2D eigenvalue weighted by molar-refractivity contribution is 0.740. The van der Waals surface area contributed by atoms with Crippen molar-refractivity contribution in [1.82, 2.24) is 15.0 Å². The number of aromatic amines is 1. The maximum absolute atomic E-state index is 13.0. The number of para-hydroxylation sites is 1. The molecule has 3 heterocycles. The number of hydrogen-bond acceptors (Lipinski definition) is 4. The first-order chi connectivity index (χ1) is 15.2. The minimum atomic E-state index is -0.184. The lowest BCUT2D eigenvalue weighted by Crippen LogP contribution is -2.28. The van der Waals surface area contributed by atoms with Crippen molar-refractivity contribution in [3.05, 3.63) is 106 Å². The van der Waals surface area contributed by atoms with Gasteiger partial charge in [-0.1, -0.05) is 72.8 Å². The van der Waals surface area contributed by atoms with E-state index in [0.717, 1.165) is 23.2 Å². The minimum Gasteiger partial charge on any atom is -0.309 e. The summed E-state index contributed by atoms with van der Waals surface area (Å²) in [5, 5.41) is 0.496. The summed E-state index contributed by atoms with van der Waals surface area (Å²) in [6, 6.07) is 20.4. The number of benzene rings is 2. The minimum absolute atomic E-state index is 0.184. The van der Waals surface area contributed by atoms with Gasteiger partial charge in [0, 0.05) is 17.9 Å².